The zero-order chi connectivity index (χ0) is 19.2. The van der Waals surface area contributed by atoms with Crippen molar-refractivity contribution in [2.45, 2.75) is 51.2 Å². The van der Waals surface area contributed by atoms with Crippen molar-refractivity contribution in [2.75, 3.05) is 19.6 Å². The van der Waals surface area contributed by atoms with E-state index in [2.05, 4.69) is 10.2 Å². The Kier molecular flexibility index (Phi) is 8.38. The zero-order valence-corrected chi connectivity index (χ0v) is 17.2. The van der Waals surface area contributed by atoms with Gasteiger partial charge in [0.15, 0.2) is 9.84 Å². The predicted molar refractivity (Wildman–Crippen MR) is 104 cm³/mol. The van der Waals surface area contributed by atoms with E-state index in [0.29, 0.717) is 11.6 Å². The summed E-state index contributed by atoms with van der Waals surface area (Å²) in [5.41, 5.74) is 0.924. The third-order valence-corrected chi connectivity index (χ3v) is 7.36. The Morgan fingerprint density at radius 2 is 1.72 bits per heavy atom. The molecule has 25 heavy (non-hydrogen) atoms. The van der Waals surface area contributed by atoms with Gasteiger partial charge in [-0.3, -0.25) is 9.69 Å². The molecule has 2 unspecified atom stereocenters. The monoisotopic (exact) mass is 388 g/mol. The smallest absolute Gasteiger partial charge is 0.238 e. The minimum atomic E-state index is -3.48. The molecule has 0 saturated heterocycles. The van der Waals surface area contributed by atoms with Gasteiger partial charge in [-0.05, 0) is 45.5 Å². The average molecular weight is 389 g/mol. The lowest BCUT2D eigenvalue weighted by molar-refractivity contribution is -0.120. The van der Waals surface area contributed by atoms with Crippen LogP contribution in [0.25, 0.3) is 0 Å². The summed E-state index contributed by atoms with van der Waals surface area (Å²) in [4.78, 5) is 14.6. The van der Waals surface area contributed by atoms with Crippen molar-refractivity contribution in [3.8, 4) is 0 Å². The summed E-state index contributed by atoms with van der Waals surface area (Å²) in [6.07, 6.45) is 0. The number of benzene rings is 1. The fraction of sp³-hybridized carbons (Fsp3) is 0.611. The van der Waals surface area contributed by atoms with E-state index in [9.17, 15) is 13.2 Å². The van der Waals surface area contributed by atoms with Crippen LogP contribution in [0.3, 0.4) is 0 Å². The molecule has 1 N–H and O–H groups in total. The number of hydrogen-bond acceptors (Lipinski definition) is 4. The van der Waals surface area contributed by atoms with Crippen LogP contribution in [0.15, 0.2) is 24.3 Å². The molecule has 0 saturated carbocycles. The van der Waals surface area contributed by atoms with Crippen molar-refractivity contribution in [1.82, 2.24) is 10.2 Å². The molecule has 1 amide bonds. The Bertz CT molecular complexity index is 673. The van der Waals surface area contributed by atoms with E-state index in [1.165, 1.54) is 6.92 Å². The second kappa shape index (κ2) is 9.55. The molecule has 0 bridgehead atoms. The predicted octanol–water partition coefficient (Wildman–Crippen LogP) is 3.05. The Labute approximate surface area is 156 Å². The number of nitrogens with zero attached hydrogens (tertiary/aromatic N) is 1. The summed E-state index contributed by atoms with van der Waals surface area (Å²) in [6.45, 7) is 10.6. The minimum absolute atomic E-state index is 0.110. The molecular weight excluding hydrogens is 360 g/mol. The summed E-state index contributed by atoms with van der Waals surface area (Å²) in [6, 6.07) is 7.42. The maximum atomic E-state index is 12.4. The van der Waals surface area contributed by atoms with Gasteiger partial charge >= 0.3 is 0 Å². The van der Waals surface area contributed by atoms with Crippen LogP contribution in [-0.2, 0) is 14.6 Å². The van der Waals surface area contributed by atoms with Crippen LogP contribution in [-0.4, -0.2) is 49.4 Å². The maximum absolute atomic E-state index is 12.4. The van der Waals surface area contributed by atoms with E-state index in [1.54, 1.807) is 13.8 Å². The fourth-order valence-electron chi connectivity index (χ4n) is 2.74. The van der Waals surface area contributed by atoms with Crippen LogP contribution < -0.4 is 5.32 Å². The van der Waals surface area contributed by atoms with Gasteiger partial charge in [-0.25, -0.2) is 8.42 Å². The highest BCUT2D eigenvalue weighted by Crippen LogP contribution is 2.27. The molecule has 2 atom stereocenters. The SMILES string of the molecule is CCN(CC)C(CNC(=O)C(C)S(=O)(=O)C(C)C)c1ccccc1Cl. The Hall–Kier alpha value is -1.11. The first-order valence-electron chi connectivity index (χ1n) is 8.65. The summed E-state index contributed by atoms with van der Waals surface area (Å²) < 4.78 is 24.4. The van der Waals surface area contributed by atoms with Crippen LogP contribution in [0.1, 0.15) is 46.2 Å². The Balaban J connectivity index is 2.97. The van der Waals surface area contributed by atoms with Crippen LogP contribution in [0.4, 0.5) is 0 Å². The van der Waals surface area contributed by atoms with Gasteiger partial charge in [0.1, 0.15) is 5.25 Å². The van der Waals surface area contributed by atoms with Crippen LogP contribution >= 0.6 is 11.6 Å². The molecule has 1 aromatic rings. The molecular formula is C18H29ClN2O3S. The molecule has 7 heteroatoms. The van der Waals surface area contributed by atoms with Gasteiger partial charge in [0.25, 0.3) is 0 Å². The van der Waals surface area contributed by atoms with Crippen molar-refractivity contribution in [1.29, 1.82) is 0 Å². The highest BCUT2D eigenvalue weighted by Gasteiger charge is 2.31. The van der Waals surface area contributed by atoms with E-state index in [0.717, 1.165) is 18.7 Å². The molecule has 0 aliphatic heterocycles. The molecule has 0 heterocycles. The quantitative estimate of drug-likeness (QED) is 0.706. The van der Waals surface area contributed by atoms with Gasteiger partial charge in [-0.15, -0.1) is 0 Å². The van der Waals surface area contributed by atoms with Crippen LogP contribution in [0.2, 0.25) is 5.02 Å². The topological polar surface area (TPSA) is 66.5 Å². The van der Waals surface area contributed by atoms with Gasteiger partial charge in [0, 0.05) is 11.6 Å². The summed E-state index contributed by atoms with van der Waals surface area (Å²) in [5, 5.41) is 1.77. The van der Waals surface area contributed by atoms with Crippen molar-refractivity contribution in [3.63, 3.8) is 0 Å². The van der Waals surface area contributed by atoms with Crippen LogP contribution in [0.5, 0.6) is 0 Å². The van der Waals surface area contributed by atoms with Gasteiger partial charge in [0.2, 0.25) is 5.91 Å². The molecule has 0 fully saturated rings. The van der Waals surface area contributed by atoms with Crippen molar-refractivity contribution >= 4 is 27.3 Å². The van der Waals surface area contributed by atoms with Crippen molar-refractivity contribution in [3.05, 3.63) is 34.9 Å². The summed E-state index contributed by atoms with van der Waals surface area (Å²) in [7, 11) is -3.48. The van der Waals surface area contributed by atoms with E-state index in [4.69, 9.17) is 11.6 Å². The minimum Gasteiger partial charge on any atom is -0.353 e. The molecule has 5 nitrogen and oxygen atoms in total. The number of nitrogens with one attached hydrogen (secondary N) is 1. The lowest BCUT2D eigenvalue weighted by atomic mass is 10.0. The number of hydrogen-bond donors (Lipinski definition) is 1. The number of rotatable bonds is 9. The standard InChI is InChI=1S/C18H29ClN2O3S/c1-6-21(7-2)17(15-10-8-9-11-16(15)19)12-20-18(22)14(5)25(23,24)13(3)4/h8-11,13-14,17H,6-7,12H2,1-5H3,(H,20,22). The fourth-order valence-corrected chi connectivity index (χ4v) is 4.20. The maximum Gasteiger partial charge on any atom is 0.238 e. The number of sulfone groups is 1. The first kappa shape index (κ1) is 21.9. The van der Waals surface area contributed by atoms with Crippen molar-refractivity contribution in [2.24, 2.45) is 0 Å². The van der Waals surface area contributed by atoms with E-state index in [1.807, 2.05) is 38.1 Å². The Morgan fingerprint density at radius 3 is 2.20 bits per heavy atom. The normalized spacial score (nSPS) is 14.6. The molecule has 1 rings (SSSR count). The number of halogens is 1. The second-order valence-corrected chi connectivity index (χ2v) is 9.52. The largest absolute Gasteiger partial charge is 0.353 e. The van der Waals surface area contributed by atoms with Gasteiger partial charge in [-0.1, -0.05) is 43.6 Å². The molecule has 0 aliphatic carbocycles. The summed E-state index contributed by atoms with van der Waals surface area (Å²) >= 11 is 6.33. The number of carbonyl (C=O) groups is 1. The van der Waals surface area contributed by atoms with Gasteiger partial charge in [-0.2, -0.15) is 0 Å². The molecule has 0 radical (unpaired) electrons. The average Bonchev–Trinajstić information content (AvgIpc) is 2.58. The third kappa shape index (κ3) is 5.43. The molecule has 0 aromatic heterocycles. The lowest BCUT2D eigenvalue weighted by Gasteiger charge is -2.31. The van der Waals surface area contributed by atoms with E-state index >= 15 is 0 Å². The highest BCUT2D eigenvalue weighted by molar-refractivity contribution is 7.93. The number of likely N-dealkylation sites (N-methyl/N-ethyl adjacent to an activating group) is 1. The molecule has 0 spiro atoms. The first-order chi connectivity index (χ1) is 11.7. The lowest BCUT2D eigenvalue weighted by Crippen LogP contribution is -2.44. The highest BCUT2D eigenvalue weighted by atomic mass is 35.5. The van der Waals surface area contributed by atoms with Gasteiger partial charge in [0.05, 0.1) is 11.3 Å². The Morgan fingerprint density at radius 1 is 1.16 bits per heavy atom. The first-order valence-corrected chi connectivity index (χ1v) is 10.6. The number of carbonyl (C=O) groups excluding carboxylic acids is 1. The molecule has 1 aromatic carbocycles. The van der Waals surface area contributed by atoms with E-state index in [-0.39, 0.29) is 6.04 Å². The molecule has 0 aliphatic rings. The second-order valence-electron chi connectivity index (χ2n) is 6.28. The van der Waals surface area contributed by atoms with Crippen LogP contribution in [0, 0.1) is 0 Å². The molecule has 142 valence electrons. The zero-order valence-electron chi connectivity index (χ0n) is 15.6. The summed E-state index contributed by atoms with van der Waals surface area (Å²) in [5.74, 6) is -0.474. The number of amides is 1. The third-order valence-electron chi connectivity index (χ3n) is 4.51. The van der Waals surface area contributed by atoms with Crippen molar-refractivity contribution < 1.29 is 13.2 Å². The van der Waals surface area contributed by atoms with Gasteiger partial charge < -0.3 is 5.32 Å². The van der Waals surface area contributed by atoms with E-state index < -0.39 is 26.2 Å².